The molecule has 1 aliphatic carbocycles. The number of benzene rings is 2. The average molecular weight is 361 g/mol. The number of carbonyl (C=O) groups excluding carboxylic acids is 1. The second-order valence-corrected chi connectivity index (χ2v) is 7.88. The van der Waals surface area contributed by atoms with Gasteiger partial charge < -0.3 is 4.74 Å². The Morgan fingerprint density at radius 3 is 2.00 bits per heavy atom. The van der Waals surface area contributed by atoms with Crippen LogP contribution in [0.3, 0.4) is 0 Å². The number of carbonyl (C=O) groups is 1. The van der Waals surface area contributed by atoms with Gasteiger partial charge in [0.15, 0.2) is 5.97 Å². The molecule has 0 heterocycles. The molecule has 0 amide bonds. The van der Waals surface area contributed by atoms with Crippen molar-refractivity contribution in [3.05, 3.63) is 76.7 Å². The van der Waals surface area contributed by atoms with Crippen LogP contribution in [0.4, 0.5) is 0 Å². The summed E-state index contributed by atoms with van der Waals surface area (Å²) in [6.45, 7) is 8.28. The van der Waals surface area contributed by atoms with Crippen molar-refractivity contribution < 1.29 is 60.9 Å². The second kappa shape index (κ2) is 8.40. The molecule has 0 N–H and O–H groups in total. The number of hydrogen-bond donors (Lipinski definition) is 0. The van der Waals surface area contributed by atoms with Crippen LogP contribution in [0, 0.1) is 11.3 Å². The Morgan fingerprint density at radius 2 is 1.52 bits per heavy atom. The van der Waals surface area contributed by atoms with Gasteiger partial charge in [-0.25, -0.2) is 0 Å². The molecule has 0 spiro atoms. The maximum atomic E-state index is 12.6. The average Bonchev–Trinajstić information content (AvgIpc) is 2.53. The van der Waals surface area contributed by atoms with E-state index >= 15 is 0 Å². The van der Waals surface area contributed by atoms with Gasteiger partial charge in [-0.2, -0.15) is 13.3 Å². The van der Waals surface area contributed by atoms with Crippen molar-refractivity contribution >= 4 is 5.97 Å². The van der Waals surface area contributed by atoms with Crippen molar-refractivity contribution in [2.24, 2.45) is 5.41 Å². The molecule has 0 radical (unpaired) electrons. The third-order valence-electron chi connectivity index (χ3n) is 4.42. The maximum Gasteiger partial charge on any atom is 1.00 e. The quantitative estimate of drug-likeness (QED) is 0.477. The van der Waals surface area contributed by atoms with E-state index in [0.717, 1.165) is 29.9 Å². The summed E-state index contributed by atoms with van der Waals surface area (Å²) in [6, 6.07) is 16.5. The summed E-state index contributed by atoms with van der Waals surface area (Å²) < 4.78 is 5.98. The van der Waals surface area contributed by atoms with Crippen molar-refractivity contribution in [3.8, 4) is 0 Å². The molecule has 3 heteroatoms. The van der Waals surface area contributed by atoms with Gasteiger partial charge in [-0.1, -0.05) is 74.7 Å². The van der Waals surface area contributed by atoms with Crippen LogP contribution < -0.4 is 51.4 Å². The first-order valence-electron chi connectivity index (χ1n) is 8.54. The Labute approximate surface area is 193 Å². The molecular formula is C22H25KO2. The van der Waals surface area contributed by atoms with Crippen molar-refractivity contribution in [1.82, 2.24) is 0 Å². The zero-order valence-electron chi connectivity index (χ0n) is 15.9. The van der Waals surface area contributed by atoms with E-state index in [0.29, 0.717) is 0 Å². The number of ether oxygens (including phenoxy) is 1. The molecule has 0 saturated heterocycles. The normalized spacial score (nSPS) is 13.3. The molecule has 126 valence electrons. The molecule has 0 saturated carbocycles. The summed E-state index contributed by atoms with van der Waals surface area (Å²) in [4.78, 5) is 12.6. The van der Waals surface area contributed by atoms with Gasteiger partial charge in [0.05, 0.1) is 0 Å². The van der Waals surface area contributed by atoms with Crippen LogP contribution in [0.1, 0.15) is 62.5 Å². The summed E-state index contributed by atoms with van der Waals surface area (Å²) in [6.07, 6.45) is 1.32. The molecule has 0 unspecified atom stereocenters. The van der Waals surface area contributed by atoms with Crippen LogP contribution in [0.2, 0.25) is 0 Å². The number of rotatable bonds is 3. The molecule has 3 rings (SSSR count). The van der Waals surface area contributed by atoms with E-state index < -0.39 is 0 Å². The van der Waals surface area contributed by atoms with Crippen molar-refractivity contribution in [2.75, 3.05) is 0 Å². The van der Waals surface area contributed by atoms with Crippen LogP contribution in [-0.4, -0.2) is 5.97 Å². The third kappa shape index (κ3) is 4.99. The molecule has 25 heavy (non-hydrogen) atoms. The Balaban J connectivity index is 0.00000225. The van der Waals surface area contributed by atoms with Crippen LogP contribution in [-0.2, 0) is 16.0 Å². The maximum absolute atomic E-state index is 12.6. The van der Waals surface area contributed by atoms with E-state index in [-0.39, 0.29) is 68.9 Å². The van der Waals surface area contributed by atoms with Crippen molar-refractivity contribution in [3.63, 3.8) is 0 Å². The minimum Gasteiger partial charge on any atom is -0.475 e. The van der Waals surface area contributed by atoms with Crippen LogP contribution in [0.15, 0.2) is 48.5 Å². The molecule has 0 fully saturated rings. The largest absolute Gasteiger partial charge is 1.00 e. The van der Waals surface area contributed by atoms with E-state index in [9.17, 15) is 4.79 Å². The van der Waals surface area contributed by atoms with Crippen LogP contribution >= 0.6 is 0 Å². The van der Waals surface area contributed by atoms with Crippen LogP contribution in [0.5, 0.6) is 0 Å². The summed E-state index contributed by atoms with van der Waals surface area (Å²) in [7, 11) is 0. The van der Waals surface area contributed by atoms with Crippen molar-refractivity contribution in [1.29, 1.82) is 0 Å². The predicted molar refractivity (Wildman–Crippen MR) is 96.6 cm³/mol. The topological polar surface area (TPSA) is 26.3 Å². The molecule has 2 aromatic rings. The van der Waals surface area contributed by atoms with Gasteiger partial charge in [-0.05, 0) is 17.5 Å². The molecule has 1 aliphatic rings. The molecular weight excluding hydrogens is 335 g/mol. The van der Waals surface area contributed by atoms with E-state index in [4.69, 9.17) is 4.74 Å². The first-order valence-corrected chi connectivity index (χ1v) is 8.54. The van der Waals surface area contributed by atoms with E-state index in [1.165, 1.54) is 11.1 Å². The minimum absolute atomic E-state index is 0. The summed E-state index contributed by atoms with van der Waals surface area (Å²) in [5.74, 6) is 0.587. The summed E-state index contributed by atoms with van der Waals surface area (Å²) in [5.41, 5.74) is 4.76. The van der Waals surface area contributed by atoms with Gasteiger partial charge in [-0.15, -0.1) is 0 Å². The summed E-state index contributed by atoms with van der Waals surface area (Å²) in [5, 5.41) is 0. The van der Waals surface area contributed by atoms with E-state index in [1.54, 1.807) is 0 Å². The fraction of sp³-hybridized carbons (Fsp3) is 0.364. The molecule has 2 aromatic carbocycles. The van der Waals surface area contributed by atoms with Gasteiger partial charge >= 0.3 is 51.4 Å². The standard InChI is InChI=1S/C22H25O2.K/c1-15(14-22(2,3)4)21(23)24-20-18-11-7-5-9-16(18)13-17-10-6-8-12-19(17)20;/h5-12,20H,13-14H2,1-4H3;/q-1;+1. The first kappa shape index (κ1) is 20.7. The van der Waals surface area contributed by atoms with Crippen molar-refractivity contribution in [2.45, 2.75) is 46.6 Å². The first-order chi connectivity index (χ1) is 11.3. The zero-order valence-corrected chi connectivity index (χ0v) is 19.0. The molecule has 0 aromatic heterocycles. The van der Waals surface area contributed by atoms with Gasteiger partial charge in [0.1, 0.15) is 6.10 Å². The minimum atomic E-state index is -0.312. The monoisotopic (exact) mass is 360 g/mol. The van der Waals surface area contributed by atoms with E-state index in [2.05, 4.69) is 45.0 Å². The van der Waals surface area contributed by atoms with Gasteiger partial charge in [-0.3, -0.25) is 10.7 Å². The number of fused-ring (bicyclic) bond motifs is 2. The Kier molecular flexibility index (Phi) is 6.97. The predicted octanol–water partition coefficient (Wildman–Crippen LogP) is 2.26. The fourth-order valence-electron chi connectivity index (χ4n) is 3.48. The third-order valence-corrected chi connectivity index (χ3v) is 4.42. The molecule has 0 bridgehead atoms. The SMILES string of the molecule is C[C-](CC(C)(C)C)C(=O)OC1c2ccccc2Cc2ccccc21.[K+]. The molecule has 2 nitrogen and oxygen atoms in total. The van der Waals surface area contributed by atoms with Gasteiger partial charge in [0, 0.05) is 11.1 Å². The number of esters is 1. The van der Waals surface area contributed by atoms with E-state index in [1.807, 2.05) is 31.2 Å². The van der Waals surface area contributed by atoms with Gasteiger partial charge in [0.25, 0.3) is 0 Å². The fourth-order valence-corrected chi connectivity index (χ4v) is 3.48. The second-order valence-electron chi connectivity index (χ2n) is 7.88. The van der Waals surface area contributed by atoms with Crippen LogP contribution in [0.25, 0.3) is 0 Å². The Morgan fingerprint density at radius 1 is 1.04 bits per heavy atom. The van der Waals surface area contributed by atoms with Gasteiger partial charge in [0.2, 0.25) is 0 Å². The number of hydrogen-bond acceptors (Lipinski definition) is 2. The molecule has 0 aliphatic heterocycles. The smallest absolute Gasteiger partial charge is 0.475 e. The summed E-state index contributed by atoms with van der Waals surface area (Å²) >= 11 is 0. The zero-order chi connectivity index (χ0) is 17.3. The Bertz CT molecular complexity index is 700. The molecule has 0 atom stereocenters. The Hall–Kier alpha value is -0.584.